The Morgan fingerprint density at radius 3 is 1.79 bits per heavy atom. The van der Waals surface area contributed by atoms with Crippen molar-refractivity contribution in [1.82, 2.24) is 10.6 Å². The van der Waals surface area contributed by atoms with E-state index in [0.717, 1.165) is 0 Å². The number of hydrogen-bond acceptors (Lipinski definition) is 8. The number of amides is 2. The average molecular weight is 416 g/mol. The van der Waals surface area contributed by atoms with Crippen LogP contribution in [0.25, 0.3) is 0 Å². The molecule has 0 radical (unpaired) electrons. The molecule has 2 N–H and O–H groups in total. The molecule has 10 heteroatoms. The Bertz CT molecular complexity index is 504. The van der Waals surface area contributed by atoms with Crippen molar-refractivity contribution >= 4 is 23.8 Å². The molecule has 1 rings (SSSR count). The molecule has 1 aliphatic rings. The van der Waals surface area contributed by atoms with Crippen molar-refractivity contribution in [3.05, 3.63) is 0 Å². The van der Waals surface area contributed by atoms with Gasteiger partial charge in [0.15, 0.2) is 0 Å². The first-order chi connectivity index (χ1) is 13.8. The summed E-state index contributed by atoms with van der Waals surface area (Å²) >= 11 is 0. The van der Waals surface area contributed by atoms with Gasteiger partial charge in [-0.15, -0.1) is 0 Å². The molecular weight excluding hydrogens is 384 g/mol. The first-order valence-electron chi connectivity index (χ1n) is 9.87. The Morgan fingerprint density at radius 1 is 0.690 bits per heavy atom. The van der Waals surface area contributed by atoms with Crippen LogP contribution in [-0.4, -0.2) is 63.3 Å². The van der Waals surface area contributed by atoms with Crippen molar-refractivity contribution in [2.75, 3.05) is 39.5 Å². The molecule has 0 aromatic carbocycles. The van der Waals surface area contributed by atoms with Crippen molar-refractivity contribution in [2.24, 2.45) is 5.41 Å². The minimum Gasteiger partial charge on any atom is -0.465 e. The molecule has 0 spiro atoms. The molecule has 0 aromatic rings. The van der Waals surface area contributed by atoms with Gasteiger partial charge in [0.1, 0.15) is 0 Å². The van der Waals surface area contributed by atoms with Crippen LogP contribution in [0.2, 0.25) is 0 Å². The molecule has 1 fully saturated rings. The molecule has 1 aliphatic heterocycles. The van der Waals surface area contributed by atoms with Gasteiger partial charge in [-0.25, -0.2) is 9.78 Å². The fourth-order valence-corrected chi connectivity index (χ4v) is 2.21. The van der Waals surface area contributed by atoms with Crippen LogP contribution in [0.15, 0.2) is 0 Å². The molecule has 0 saturated carbocycles. The molecule has 0 aromatic heterocycles. The van der Waals surface area contributed by atoms with Crippen LogP contribution in [-0.2, 0) is 38.4 Å². The highest BCUT2D eigenvalue weighted by molar-refractivity contribution is 5.81. The average Bonchev–Trinajstić information content (AvgIpc) is 2.68. The third-order valence-electron chi connectivity index (χ3n) is 3.93. The quantitative estimate of drug-likeness (QED) is 0.435. The van der Waals surface area contributed by atoms with Crippen LogP contribution in [0.5, 0.6) is 0 Å². The normalized spacial score (nSPS) is 22.6. The van der Waals surface area contributed by atoms with Gasteiger partial charge in [-0.05, 0) is 12.8 Å². The summed E-state index contributed by atoms with van der Waals surface area (Å²) < 4.78 is 10.3. The Balaban J connectivity index is 2.48. The molecule has 0 bridgehead atoms. The van der Waals surface area contributed by atoms with E-state index in [1.165, 1.54) is 0 Å². The first-order valence-corrected chi connectivity index (χ1v) is 9.87. The SMILES string of the molecule is CC1(C)COC(=O)CCC(=O)NCCCCOOCCNC(=O)CCC(=O)OC1. The minimum absolute atomic E-state index is 0.0101. The molecule has 1 heterocycles. The zero-order chi connectivity index (χ0) is 21.5. The van der Waals surface area contributed by atoms with E-state index in [-0.39, 0.29) is 63.9 Å². The molecule has 1 saturated heterocycles. The molecular formula is C19H32N2O8. The zero-order valence-corrected chi connectivity index (χ0v) is 17.3. The fourth-order valence-electron chi connectivity index (χ4n) is 2.21. The molecule has 2 amide bonds. The van der Waals surface area contributed by atoms with Gasteiger partial charge in [0, 0.05) is 31.3 Å². The summed E-state index contributed by atoms with van der Waals surface area (Å²) in [5.41, 5.74) is -0.581. The zero-order valence-electron chi connectivity index (χ0n) is 17.3. The lowest BCUT2D eigenvalue weighted by molar-refractivity contribution is -0.293. The van der Waals surface area contributed by atoms with E-state index < -0.39 is 17.4 Å². The standard InChI is InChI=1S/C19H32N2O8/c1-19(2)13-26-17(24)7-5-15(22)20-9-3-4-11-28-29-12-10-21-16(23)6-8-18(25)27-14-19/h3-14H2,1-2H3,(H,20,22)(H,21,23). The molecule has 0 aliphatic carbocycles. The number of esters is 2. The van der Waals surface area contributed by atoms with Crippen molar-refractivity contribution in [1.29, 1.82) is 0 Å². The van der Waals surface area contributed by atoms with Crippen LogP contribution in [0.1, 0.15) is 52.4 Å². The van der Waals surface area contributed by atoms with Gasteiger partial charge < -0.3 is 20.1 Å². The minimum atomic E-state index is -0.581. The largest absolute Gasteiger partial charge is 0.465 e. The summed E-state index contributed by atoms with van der Waals surface area (Å²) in [6, 6.07) is 0. The highest BCUT2D eigenvalue weighted by atomic mass is 17.2. The van der Waals surface area contributed by atoms with Gasteiger partial charge in [-0.1, -0.05) is 13.8 Å². The maximum Gasteiger partial charge on any atom is 0.306 e. The van der Waals surface area contributed by atoms with Crippen LogP contribution in [0, 0.1) is 5.41 Å². The highest BCUT2D eigenvalue weighted by Gasteiger charge is 2.23. The Kier molecular flexibility index (Phi) is 11.9. The molecule has 10 nitrogen and oxygen atoms in total. The number of nitrogens with one attached hydrogen (secondary N) is 2. The molecule has 29 heavy (non-hydrogen) atoms. The topological polar surface area (TPSA) is 129 Å². The van der Waals surface area contributed by atoms with Crippen LogP contribution in [0.4, 0.5) is 0 Å². The number of rotatable bonds is 0. The van der Waals surface area contributed by atoms with Gasteiger partial charge in [-0.3, -0.25) is 19.2 Å². The first kappa shape index (κ1) is 24.8. The number of hydrogen-bond donors (Lipinski definition) is 2. The third-order valence-corrected chi connectivity index (χ3v) is 3.93. The van der Waals surface area contributed by atoms with Crippen LogP contribution >= 0.6 is 0 Å². The van der Waals surface area contributed by atoms with E-state index in [4.69, 9.17) is 19.2 Å². The summed E-state index contributed by atoms with van der Waals surface area (Å²) in [5, 5.41) is 5.34. The van der Waals surface area contributed by atoms with E-state index >= 15 is 0 Å². The third kappa shape index (κ3) is 13.6. The summed E-state index contributed by atoms with van der Waals surface area (Å²) in [4.78, 5) is 56.9. The van der Waals surface area contributed by atoms with Gasteiger partial charge in [0.25, 0.3) is 0 Å². The van der Waals surface area contributed by atoms with E-state index in [0.29, 0.717) is 26.0 Å². The number of cyclic esters (lactones) is 2. The smallest absolute Gasteiger partial charge is 0.306 e. The van der Waals surface area contributed by atoms with E-state index in [1.807, 2.05) is 0 Å². The van der Waals surface area contributed by atoms with Crippen molar-refractivity contribution in [2.45, 2.75) is 52.4 Å². The summed E-state index contributed by atoms with van der Waals surface area (Å²) in [6.45, 7) is 4.97. The maximum atomic E-state index is 11.8. The second-order valence-electron chi connectivity index (χ2n) is 7.54. The summed E-state index contributed by atoms with van der Waals surface area (Å²) in [5.74, 6) is -1.50. The van der Waals surface area contributed by atoms with Crippen LogP contribution in [0.3, 0.4) is 0 Å². The second-order valence-corrected chi connectivity index (χ2v) is 7.54. The van der Waals surface area contributed by atoms with E-state index in [2.05, 4.69) is 10.6 Å². The Morgan fingerprint density at radius 2 is 1.21 bits per heavy atom. The molecule has 166 valence electrons. The van der Waals surface area contributed by atoms with Gasteiger partial charge >= 0.3 is 11.9 Å². The van der Waals surface area contributed by atoms with Gasteiger partial charge in [-0.2, -0.15) is 0 Å². The highest BCUT2D eigenvalue weighted by Crippen LogP contribution is 2.17. The molecule has 0 unspecified atom stereocenters. The van der Waals surface area contributed by atoms with Gasteiger partial charge in [0.05, 0.1) is 39.3 Å². The van der Waals surface area contributed by atoms with E-state index in [1.54, 1.807) is 13.8 Å². The number of carbonyl (C=O) groups excluding carboxylic acids is 4. The second kappa shape index (κ2) is 13.9. The predicted octanol–water partition coefficient (Wildman–Crippen LogP) is 0.634. The summed E-state index contributed by atoms with van der Waals surface area (Å²) in [6.07, 6.45) is 1.39. The number of carbonyl (C=O) groups is 4. The lowest BCUT2D eigenvalue weighted by atomic mass is 9.96. The summed E-state index contributed by atoms with van der Waals surface area (Å²) in [7, 11) is 0. The van der Waals surface area contributed by atoms with Crippen LogP contribution < -0.4 is 10.6 Å². The monoisotopic (exact) mass is 416 g/mol. The lowest BCUT2D eigenvalue weighted by Crippen LogP contribution is -2.30. The lowest BCUT2D eigenvalue weighted by Gasteiger charge is -2.23. The van der Waals surface area contributed by atoms with Gasteiger partial charge in [0.2, 0.25) is 11.8 Å². The molecule has 0 atom stereocenters. The van der Waals surface area contributed by atoms with Crippen molar-refractivity contribution in [3.63, 3.8) is 0 Å². The predicted molar refractivity (Wildman–Crippen MR) is 101 cm³/mol. The number of ether oxygens (including phenoxy) is 2. The Labute approximate surface area is 170 Å². The maximum absolute atomic E-state index is 11.8. The van der Waals surface area contributed by atoms with Crippen molar-refractivity contribution < 1.29 is 38.4 Å². The Hall–Kier alpha value is -2.20. The fraction of sp³-hybridized carbons (Fsp3) is 0.789. The van der Waals surface area contributed by atoms with Crippen molar-refractivity contribution in [3.8, 4) is 0 Å². The van der Waals surface area contributed by atoms with E-state index in [9.17, 15) is 19.2 Å².